The van der Waals surface area contributed by atoms with Gasteiger partial charge in [-0.05, 0) is 16.7 Å². The Bertz CT molecular complexity index is 1520. The van der Waals surface area contributed by atoms with Gasteiger partial charge in [0.05, 0.1) is 0 Å². The molecule has 0 radical (unpaired) electrons. The molecule has 0 aromatic heterocycles. The molecule has 2 aliphatic carbocycles. The molecule has 56 heavy (non-hydrogen) atoms. The van der Waals surface area contributed by atoms with Crippen LogP contribution in [0.1, 0.15) is 29.5 Å². The van der Waals surface area contributed by atoms with Crippen LogP contribution in [0.5, 0.6) is 0 Å². The van der Waals surface area contributed by atoms with Crippen LogP contribution >= 0.6 is 0 Å². The van der Waals surface area contributed by atoms with Crippen molar-refractivity contribution in [2.75, 3.05) is 0 Å². The zero-order valence-electron chi connectivity index (χ0n) is 30.8. The van der Waals surface area contributed by atoms with E-state index < -0.39 is 62.9 Å². The minimum absolute atomic E-state index is 0. The van der Waals surface area contributed by atoms with Gasteiger partial charge in [-0.25, -0.2) is 4.79 Å². The molecule has 0 amide bonds. The number of ether oxygens (including phenoxy) is 3. The van der Waals surface area contributed by atoms with Crippen LogP contribution in [0.4, 0.5) is 38.8 Å². The average molecular weight is 874 g/mol. The smallest absolute Gasteiger partial charge is 0.521 e. The van der Waals surface area contributed by atoms with Gasteiger partial charge in [-0.3, -0.25) is 29.1 Å². The van der Waals surface area contributed by atoms with Crippen LogP contribution in [0.25, 0.3) is 5.53 Å². The third-order valence-electron chi connectivity index (χ3n) is 7.09. The third kappa shape index (κ3) is 27.4. The summed E-state index contributed by atoms with van der Waals surface area (Å²) in [5.41, 5.74) is 10.4. The maximum atomic E-state index is 12.3. The van der Waals surface area contributed by atoms with E-state index in [2.05, 4.69) is 17.9 Å². The zero-order chi connectivity index (χ0) is 40.0. The van der Waals surface area contributed by atoms with Crippen LogP contribution in [0.2, 0.25) is 11.6 Å². The van der Waals surface area contributed by atoms with Crippen molar-refractivity contribution in [2.24, 2.45) is 11.8 Å². The van der Waals surface area contributed by atoms with Crippen molar-refractivity contribution in [3.63, 3.8) is 0 Å². The molecule has 2 fully saturated rings. The number of esters is 3. The number of rotatable bonds is 11. The van der Waals surface area contributed by atoms with E-state index in [9.17, 15) is 53.2 Å². The fraction of sp³-hybridized carbons (Fsp3) is 0.273. The summed E-state index contributed by atoms with van der Waals surface area (Å²) >= 11 is 0. The first-order chi connectivity index (χ1) is 25.0. The maximum absolute atomic E-state index is 12.3. The van der Waals surface area contributed by atoms with E-state index in [1.165, 1.54) is 0 Å². The summed E-state index contributed by atoms with van der Waals surface area (Å²) in [6.45, 7) is -2.54. The number of hydrogen-bond acceptors (Lipinski definition) is 6. The second-order valence-corrected chi connectivity index (χ2v) is 11.0. The van der Waals surface area contributed by atoms with Crippen molar-refractivity contribution in [3.05, 3.63) is 126 Å². The molecule has 0 saturated heterocycles. The van der Waals surface area contributed by atoms with Gasteiger partial charge in [-0.1, -0.05) is 115 Å². The van der Waals surface area contributed by atoms with Gasteiger partial charge in [0.15, 0.2) is 0 Å². The fourth-order valence-electron chi connectivity index (χ4n) is 4.29. The zero-order valence-corrected chi connectivity index (χ0v) is 40.2. The van der Waals surface area contributed by atoms with Crippen LogP contribution < -0.4 is 154 Å². The van der Waals surface area contributed by atoms with Crippen molar-refractivity contribution in [3.8, 4) is 0 Å². The molecule has 0 heterocycles. The predicted molar refractivity (Wildman–Crippen MR) is 179 cm³/mol. The van der Waals surface area contributed by atoms with Crippen molar-refractivity contribution in [1.82, 2.24) is 0 Å². The second-order valence-electron chi connectivity index (χ2n) is 11.0. The quantitative estimate of drug-likeness (QED) is 0.0375. The Kier molecular flexibility index (Phi) is 34.7. The molecule has 2 aliphatic rings. The van der Waals surface area contributed by atoms with E-state index in [0.717, 1.165) is 16.7 Å². The van der Waals surface area contributed by atoms with E-state index in [-0.39, 0.29) is 187 Å². The largest absolute Gasteiger partial charge is 1.00 e. The fourth-order valence-corrected chi connectivity index (χ4v) is 4.29. The summed E-state index contributed by atoms with van der Waals surface area (Å²) < 4.78 is 117. The standard InChI is InChI=1S/2C11H11BF3O2.C9H8N2O2.C2H3.BF3.3K/c2*13-12(14,15)10-6-9(10)11(16)17-7-8-4-2-1-3-5-8;10-11-6-9(12)13-7-8-4-2-1-3-5-8;1-2;2-1(3)4;;;/h2*1-5,9-10H,6-7H2;1-6H,7H2;1H,2H2;;;;/q2*-1;;-1;;3*+1/t9-,10+;9-,10-;;;;;;/m10....../s1. The molecule has 5 rings (SSSR count). The molecule has 0 aliphatic heterocycles. The Labute approximate surface area is 447 Å². The Morgan fingerprint density at radius 2 is 0.911 bits per heavy atom. The molecular formula is C33H33B3F9K3N2O6. The monoisotopic (exact) mass is 874 g/mol. The van der Waals surface area contributed by atoms with E-state index >= 15 is 0 Å². The average Bonchev–Trinajstić information content (AvgIpc) is 4.05. The summed E-state index contributed by atoms with van der Waals surface area (Å²) in [5, 5.41) is 0. The first-order valence-corrected chi connectivity index (χ1v) is 15.5. The van der Waals surface area contributed by atoms with E-state index in [0.29, 0.717) is 6.21 Å². The van der Waals surface area contributed by atoms with Crippen molar-refractivity contribution >= 4 is 45.6 Å². The van der Waals surface area contributed by atoms with Crippen LogP contribution in [0, 0.1) is 18.4 Å². The molecular weight excluding hydrogens is 841 g/mol. The molecule has 0 N–H and O–H groups in total. The molecule has 0 bridgehead atoms. The molecule has 286 valence electrons. The van der Waals surface area contributed by atoms with Gasteiger partial charge < -0.3 is 52.2 Å². The molecule has 3 aromatic rings. The van der Waals surface area contributed by atoms with E-state index in [4.69, 9.17) is 19.7 Å². The number of carbonyl (C=O) groups is 3. The Hall–Kier alpha value is -0.336. The molecule has 2 saturated carbocycles. The normalized spacial score (nSPS) is 16.7. The Balaban J connectivity index is -0.000000690. The molecule has 0 spiro atoms. The molecule has 8 nitrogen and oxygen atoms in total. The molecule has 23 heteroatoms. The van der Waals surface area contributed by atoms with Gasteiger partial charge in [0.2, 0.25) is 0 Å². The van der Waals surface area contributed by atoms with Crippen molar-refractivity contribution < 1.29 is 226 Å². The first kappa shape index (κ1) is 60.0. The second kappa shape index (κ2) is 32.4. The van der Waals surface area contributed by atoms with E-state index in [1.807, 2.05) is 42.5 Å². The number of benzene rings is 3. The third-order valence-corrected chi connectivity index (χ3v) is 7.09. The van der Waals surface area contributed by atoms with Crippen molar-refractivity contribution in [1.29, 1.82) is 0 Å². The van der Waals surface area contributed by atoms with Crippen LogP contribution in [0.15, 0.2) is 97.6 Å². The minimum Gasteiger partial charge on any atom is -0.521 e. The molecule has 3 aromatic carbocycles. The van der Waals surface area contributed by atoms with Gasteiger partial charge in [-0.15, -0.1) is 0 Å². The van der Waals surface area contributed by atoms with Gasteiger partial charge >= 0.3 is 200 Å². The van der Waals surface area contributed by atoms with Gasteiger partial charge in [-0.2, -0.15) is 4.79 Å². The minimum atomic E-state index is -4.90. The Morgan fingerprint density at radius 3 is 1.14 bits per heavy atom. The van der Waals surface area contributed by atoms with Crippen molar-refractivity contribution in [2.45, 2.75) is 44.3 Å². The SMILES string of the molecule is FB(F)F.O=C(OCc1ccccc1)[C@@H]1C[C@@H]1[B-](F)(F)F.O=C(OCc1ccccc1)[C@H]1C[C@@H]1[B-](F)(F)F.[CH-]=C.[K+].[K+].[K+].[N-]=[N+]=CC(=O)OCc1ccccc1. The number of nitrogens with zero attached hydrogens (tertiary/aromatic N) is 2. The predicted octanol–water partition coefficient (Wildman–Crippen LogP) is -0.538. The topological polar surface area (TPSA) is 115 Å². The first-order valence-electron chi connectivity index (χ1n) is 15.5. The summed E-state index contributed by atoms with van der Waals surface area (Å²) in [7, 11) is -3.67. The Morgan fingerprint density at radius 1 is 0.643 bits per heavy atom. The van der Waals surface area contributed by atoms with Crippen LogP contribution in [-0.4, -0.2) is 50.4 Å². The van der Waals surface area contributed by atoms with Crippen LogP contribution in [-0.2, 0) is 48.4 Å². The maximum Gasteiger partial charge on any atom is 1.00 e. The summed E-state index contributed by atoms with van der Waals surface area (Å²) in [6.07, 6.45) is 0.483. The molecule has 4 atom stereocenters. The summed E-state index contributed by atoms with van der Waals surface area (Å²) in [6, 6.07) is 27.0. The number of hydrogen-bond donors (Lipinski definition) is 0. The van der Waals surface area contributed by atoms with Gasteiger partial charge in [0, 0.05) is 11.8 Å². The van der Waals surface area contributed by atoms with Crippen LogP contribution in [0.3, 0.4) is 0 Å². The van der Waals surface area contributed by atoms with E-state index in [1.54, 1.807) is 48.5 Å². The number of halogens is 9. The van der Waals surface area contributed by atoms with Gasteiger partial charge in [0.25, 0.3) is 0 Å². The number of carbonyl (C=O) groups excluding carboxylic acids is 3. The van der Waals surface area contributed by atoms with Gasteiger partial charge in [0.1, 0.15) is 19.8 Å². The summed E-state index contributed by atoms with van der Waals surface area (Å²) in [5.74, 6) is -6.98. The molecule has 0 unspecified atom stereocenters. The summed E-state index contributed by atoms with van der Waals surface area (Å²) in [4.78, 5) is 35.9.